The normalized spacial score (nSPS) is 15.8. The van der Waals surface area contributed by atoms with Crippen molar-refractivity contribution in [1.82, 2.24) is 9.80 Å². The molecule has 0 radical (unpaired) electrons. The molecule has 9 heteroatoms. The first-order chi connectivity index (χ1) is 18.8. The largest absolute Gasteiger partial charge is 0.464 e. The summed E-state index contributed by atoms with van der Waals surface area (Å²) < 4.78 is 22.6. The van der Waals surface area contributed by atoms with Crippen molar-refractivity contribution in [3.63, 3.8) is 0 Å². The molecule has 1 saturated heterocycles. The zero-order valence-corrected chi connectivity index (χ0v) is 22.7. The molecule has 2 aliphatic heterocycles. The van der Waals surface area contributed by atoms with Crippen molar-refractivity contribution in [3.8, 4) is 11.5 Å². The SMILES string of the molecule is Cc1ccc(NC(=O)N(CC(=O)N(Cc2ccc3c(c2)OCO3)Cc2ccc(C)o2)CC2CCCO2)c(C)c1. The van der Waals surface area contributed by atoms with Crippen molar-refractivity contribution in [2.45, 2.75) is 52.8 Å². The Morgan fingerprint density at radius 2 is 1.79 bits per heavy atom. The number of hydrogen-bond donors (Lipinski definition) is 1. The zero-order chi connectivity index (χ0) is 27.4. The van der Waals surface area contributed by atoms with E-state index in [0.717, 1.165) is 41.0 Å². The number of ether oxygens (including phenoxy) is 3. The standard InChI is InChI=1S/C30H35N3O6/c1-20-6-10-26(21(2)13-20)31-30(35)33(16-24-5-4-12-36-24)18-29(34)32(17-25-9-7-22(3)39-25)15-23-8-11-27-28(14-23)38-19-37-27/h6-11,13-14,24H,4-5,12,15-19H2,1-3H3,(H,31,35). The highest BCUT2D eigenvalue weighted by Gasteiger charge is 2.27. The van der Waals surface area contributed by atoms with Gasteiger partial charge in [-0.2, -0.15) is 0 Å². The number of hydrogen-bond acceptors (Lipinski definition) is 6. The molecule has 1 atom stereocenters. The predicted molar refractivity (Wildman–Crippen MR) is 146 cm³/mol. The van der Waals surface area contributed by atoms with Crippen LogP contribution in [0.1, 0.15) is 41.1 Å². The molecular formula is C30H35N3O6. The molecule has 1 fully saturated rings. The molecule has 206 valence electrons. The summed E-state index contributed by atoms with van der Waals surface area (Å²) in [5, 5.41) is 3.00. The average Bonchev–Trinajstić information content (AvgIpc) is 3.67. The van der Waals surface area contributed by atoms with Crippen LogP contribution in [0.2, 0.25) is 0 Å². The average molecular weight is 534 g/mol. The Bertz CT molecular complexity index is 1330. The fourth-order valence-corrected chi connectivity index (χ4v) is 4.91. The maximum atomic E-state index is 13.8. The van der Waals surface area contributed by atoms with Crippen molar-refractivity contribution in [1.29, 1.82) is 0 Å². The topological polar surface area (TPSA) is 93.5 Å². The quantitative estimate of drug-likeness (QED) is 0.408. The molecule has 3 heterocycles. The van der Waals surface area contributed by atoms with E-state index in [1.54, 1.807) is 9.80 Å². The number of rotatable bonds is 9. The van der Waals surface area contributed by atoms with E-state index in [0.29, 0.717) is 37.0 Å². The molecule has 39 heavy (non-hydrogen) atoms. The van der Waals surface area contributed by atoms with Crippen LogP contribution in [-0.4, -0.2) is 54.3 Å². The Labute approximate surface area is 228 Å². The number of nitrogens with one attached hydrogen (secondary N) is 1. The van der Waals surface area contributed by atoms with Crippen LogP contribution in [0.25, 0.3) is 0 Å². The Morgan fingerprint density at radius 1 is 0.949 bits per heavy atom. The van der Waals surface area contributed by atoms with E-state index < -0.39 is 0 Å². The maximum Gasteiger partial charge on any atom is 0.322 e. The Morgan fingerprint density at radius 3 is 2.54 bits per heavy atom. The number of urea groups is 1. The summed E-state index contributed by atoms with van der Waals surface area (Å²) in [6, 6.07) is 14.9. The Hall–Kier alpha value is -3.98. The first-order valence-corrected chi connectivity index (χ1v) is 13.3. The lowest BCUT2D eigenvalue weighted by Crippen LogP contribution is -2.46. The van der Waals surface area contributed by atoms with E-state index in [1.165, 1.54) is 0 Å². The summed E-state index contributed by atoms with van der Waals surface area (Å²) >= 11 is 0. The zero-order valence-electron chi connectivity index (χ0n) is 22.7. The fraction of sp³-hybridized carbons (Fsp3) is 0.400. The molecule has 3 aromatic rings. The van der Waals surface area contributed by atoms with Gasteiger partial charge in [0, 0.05) is 25.4 Å². The van der Waals surface area contributed by atoms with Gasteiger partial charge >= 0.3 is 6.03 Å². The summed E-state index contributed by atoms with van der Waals surface area (Å²) in [7, 11) is 0. The number of benzene rings is 2. The van der Waals surface area contributed by atoms with E-state index in [1.807, 2.05) is 69.3 Å². The number of carbonyl (C=O) groups is 2. The molecule has 0 bridgehead atoms. The molecule has 2 aromatic carbocycles. The second kappa shape index (κ2) is 11.8. The minimum atomic E-state index is -0.331. The molecule has 1 aromatic heterocycles. The van der Waals surface area contributed by atoms with Crippen LogP contribution in [-0.2, 0) is 22.6 Å². The van der Waals surface area contributed by atoms with Crippen molar-refractivity contribution in [2.75, 3.05) is 31.8 Å². The second-order valence-electron chi connectivity index (χ2n) is 10.2. The number of amides is 3. The molecule has 0 spiro atoms. The van der Waals surface area contributed by atoms with Crippen molar-refractivity contribution in [2.24, 2.45) is 0 Å². The van der Waals surface area contributed by atoms with Crippen molar-refractivity contribution >= 4 is 17.6 Å². The van der Waals surface area contributed by atoms with Crippen molar-refractivity contribution < 1.29 is 28.2 Å². The highest BCUT2D eigenvalue weighted by Crippen LogP contribution is 2.33. The van der Waals surface area contributed by atoms with Crippen LogP contribution >= 0.6 is 0 Å². The summed E-state index contributed by atoms with van der Waals surface area (Å²) in [6.45, 7) is 7.51. The molecule has 3 amide bonds. The van der Waals surface area contributed by atoms with Gasteiger partial charge in [-0.05, 0) is 75.1 Å². The van der Waals surface area contributed by atoms with Gasteiger partial charge in [-0.3, -0.25) is 4.79 Å². The molecule has 5 rings (SSSR count). The number of nitrogens with zero attached hydrogens (tertiary/aromatic N) is 2. The number of fused-ring (bicyclic) bond motifs is 1. The number of anilines is 1. The van der Waals surface area contributed by atoms with Crippen LogP contribution < -0.4 is 14.8 Å². The summed E-state index contributed by atoms with van der Waals surface area (Å²) in [5.41, 5.74) is 3.69. The third-order valence-electron chi connectivity index (χ3n) is 6.99. The van der Waals surface area contributed by atoms with Gasteiger partial charge in [0.2, 0.25) is 12.7 Å². The number of carbonyl (C=O) groups excluding carboxylic acids is 2. The summed E-state index contributed by atoms with van der Waals surface area (Å²) in [5.74, 6) is 2.58. The van der Waals surface area contributed by atoms with Crippen LogP contribution in [0.3, 0.4) is 0 Å². The van der Waals surface area contributed by atoms with Crippen molar-refractivity contribution in [3.05, 3.63) is 76.7 Å². The van der Waals surface area contributed by atoms with E-state index in [4.69, 9.17) is 18.6 Å². The smallest absolute Gasteiger partial charge is 0.322 e. The van der Waals surface area contributed by atoms with E-state index in [2.05, 4.69) is 5.32 Å². The summed E-state index contributed by atoms with van der Waals surface area (Å²) in [4.78, 5) is 30.5. The highest BCUT2D eigenvalue weighted by atomic mass is 16.7. The first-order valence-electron chi connectivity index (χ1n) is 13.3. The lowest BCUT2D eigenvalue weighted by molar-refractivity contribution is -0.133. The number of aryl methyl sites for hydroxylation is 3. The minimum absolute atomic E-state index is 0.0964. The molecule has 0 saturated carbocycles. The number of furan rings is 1. The van der Waals surface area contributed by atoms with Gasteiger partial charge < -0.3 is 33.7 Å². The lowest BCUT2D eigenvalue weighted by Gasteiger charge is -2.29. The van der Waals surface area contributed by atoms with Gasteiger partial charge in [-0.15, -0.1) is 0 Å². The Balaban J connectivity index is 1.35. The fourth-order valence-electron chi connectivity index (χ4n) is 4.91. The second-order valence-corrected chi connectivity index (χ2v) is 10.2. The van der Waals surface area contributed by atoms with Crippen LogP contribution in [0, 0.1) is 20.8 Å². The van der Waals surface area contributed by atoms with Crippen LogP contribution in [0.5, 0.6) is 11.5 Å². The van der Waals surface area contributed by atoms with Gasteiger partial charge in [0.1, 0.15) is 18.1 Å². The predicted octanol–water partition coefficient (Wildman–Crippen LogP) is 5.18. The third-order valence-corrected chi connectivity index (χ3v) is 6.99. The summed E-state index contributed by atoms with van der Waals surface area (Å²) in [6.07, 6.45) is 1.70. The van der Waals surface area contributed by atoms with Gasteiger partial charge in [0.25, 0.3) is 0 Å². The van der Waals surface area contributed by atoms with Gasteiger partial charge in [0.15, 0.2) is 11.5 Å². The molecular weight excluding hydrogens is 498 g/mol. The third kappa shape index (κ3) is 6.72. The lowest BCUT2D eigenvalue weighted by atomic mass is 10.1. The Kier molecular flexibility index (Phi) is 8.07. The van der Waals surface area contributed by atoms with Gasteiger partial charge in [-0.25, -0.2) is 4.79 Å². The monoisotopic (exact) mass is 533 g/mol. The minimum Gasteiger partial charge on any atom is -0.464 e. The molecule has 0 aliphatic carbocycles. The maximum absolute atomic E-state index is 13.8. The van der Waals surface area contributed by atoms with E-state index in [-0.39, 0.29) is 37.9 Å². The molecule has 1 unspecified atom stereocenters. The van der Waals surface area contributed by atoms with Crippen LogP contribution in [0.15, 0.2) is 52.9 Å². The van der Waals surface area contributed by atoms with Gasteiger partial charge in [0.05, 0.1) is 12.6 Å². The van der Waals surface area contributed by atoms with Crippen LogP contribution in [0.4, 0.5) is 10.5 Å². The van der Waals surface area contributed by atoms with E-state index in [9.17, 15) is 9.59 Å². The highest BCUT2D eigenvalue weighted by molar-refractivity contribution is 5.93. The molecule has 1 N–H and O–H groups in total. The van der Waals surface area contributed by atoms with Gasteiger partial charge in [-0.1, -0.05) is 23.8 Å². The first kappa shape index (κ1) is 26.6. The molecule has 9 nitrogen and oxygen atoms in total. The molecule has 2 aliphatic rings. The van der Waals surface area contributed by atoms with E-state index >= 15 is 0 Å².